The Balaban J connectivity index is 2.14. The lowest BCUT2D eigenvalue weighted by Gasteiger charge is -2.33. The molecule has 21 heavy (non-hydrogen) atoms. The van der Waals surface area contributed by atoms with Gasteiger partial charge in [0.05, 0.1) is 5.92 Å². The van der Waals surface area contributed by atoms with Crippen molar-refractivity contribution in [2.45, 2.75) is 25.8 Å². The van der Waals surface area contributed by atoms with Gasteiger partial charge >= 0.3 is 5.97 Å². The highest BCUT2D eigenvalue weighted by molar-refractivity contribution is 5.81. The summed E-state index contributed by atoms with van der Waals surface area (Å²) in [6.07, 6.45) is 0.377. The van der Waals surface area contributed by atoms with Gasteiger partial charge in [0, 0.05) is 33.2 Å². The number of carbonyl (C=O) groups excluding carboxylic acids is 1. The van der Waals surface area contributed by atoms with Gasteiger partial charge in [0.25, 0.3) is 0 Å². The van der Waals surface area contributed by atoms with Gasteiger partial charge in [0.2, 0.25) is 5.91 Å². The first-order valence-electron chi connectivity index (χ1n) is 7.10. The molecule has 0 bridgehead atoms. The van der Waals surface area contributed by atoms with Gasteiger partial charge in [0.1, 0.15) is 0 Å². The fraction of sp³-hybridized carbons (Fsp3) is 0.500. The number of methoxy groups -OCH3 is 1. The van der Waals surface area contributed by atoms with E-state index in [1.54, 1.807) is 12.0 Å². The minimum absolute atomic E-state index is 0.0136. The first-order valence-corrected chi connectivity index (χ1v) is 7.10. The molecular weight excluding hydrogens is 270 g/mol. The maximum absolute atomic E-state index is 12.3. The van der Waals surface area contributed by atoms with Crippen molar-refractivity contribution in [3.8, 4) is 0 Å². The Morgan fingerprint density at radius 1 is 1.43 bits per heavy atom. The van der Waals surface area contributed by atoms with Crippen molar-refractivity contribution in [2.24, 2.45) is 5.92 Å². The van der Waals surface area contributed by atoms with Gasteiger partial charge in [-0.1, -0.05) is 31.2 Å². The highest BCUT2D eigenvalue weighted by atomic mass is 16.5. The summed E-state index contributed by atoms with van der Waals surface area (Å²) in [6, 6.07) is 7.44. The lowest BCUT2D eigenvalue weighted by Crippen LogP contribution is -2.41. The molecule has 1 heterocycles. The number of amides is 1. The van der Waals surface area contributed by atoms with Crippen LogP contribution in [0, 0.1) is 5.92 Å². The number of nitrogens with zero attached hydrogens (tertiary/aromatic N) is 1. The number of rotatable bonds is 5. The van der Waals surface area contributed by atoms with Crippen molar-refractivity contribution in [3.63, 3.8) is 0 Å². The molecule has 0 radical (unpaired) electrons. The highest BCUT2D eigenvalue weighted by Gasteiger charge is 2.32. The van der Waals surface area contributed by atoms with Crippen LogP contribution in [0.2, 0.25) is 0 Å². The van der Waals surface area contributed by atoms with Crippen LogP contribution in [0.25, 0.3) is 0 Å². The second kappa shape index (κ2) is 6.72. The molecule has 1 N–H and O–H groups in total. The zero-order valence-electron chi connectivity index (χ0n) is 12.4. The quantitative estimate of drug-likeness (QED) is 0.899. The monoisotopic (exact) mass is 291 g/mol. The van der Waals surface area contributed by atoms with Gasteiger partial charge in [-0.25, -0.2) is 0 Å². The summed E-state index contributed by atoms with van der Waals surface area (Å²) in [6.45, 7) is 3.20. The molecule has 2 unspecified atom stereocenters. The summed E-state index contributed by atoms with van der Waals surface area (Å²) >= 11 is 0. The molecular formula is C16H21NO4. The number of hydrogen-bond donors (Lipinski definition) is 1. The van der Waals surface area contributed by atoms with E-state index in [1.165, 1.54) is 0 Å². The van der Waals surface area contributed by atoms with Crippen LogP contribution in [0.1, 0.15) is 30.4 Å². The third-order valence-corrected chi connectivity index (χ3v) is 3.82. The Hall–Kier alpha value is -1.88. The number of carboxylic acids is 1. The number of hydrogen-bond acceptors (Lipinski definition) is 3. The molecule has 2 rings (SSSR count). The van der Waals surface area contributed by atoms with Crippen molar-refractivity contribution in [3.05, 3.63) is 35.4 Å². The standard InChI is InChI=1S/C16H21NO4/c1-11(10-21-2)7-15(18)17-8-12-5-3-4-6-13(12)14(9-17)16(19)20/h3-6,11,14H,7-10H2,1-2H3,(H,19,20). The first kappa shape index (κ1) is 15.5. The Bertz CT molecular complexity index is 529. The summed E-state index contributed by atoms with van der Waals surface area (Å²) in [5, 5.41) is 9.39. The van der Waals surface area contributed by atoms with Crippen molar-refractivity contribution < 1.29 is 19.4 Å². The predicted octanol–water partition coefficient (Wildman–Crippen LogP) is 1.87. The van der Waals surface area contributed by atoms with Crippen molar-refractivity contribution in [1.29, 1.82) is 0 Å². The molecule has 1 aromatic carbocycles. The molecule has 2 atom stereocenters. The van der Waals surface area contributed by atoms with Crippen LogP contribution in [0.5, 0.6) is 0 Å². The smallest absolute Gasteiger partial charge is 0.312 e. The fourth-order valence-corrected chi connectivity index (χ4v) is 2.78. The molecule has 0 aliphatic carbocycles. The number of aliphatic carboxylic acids is 1. The third kappa shape index (κ3) is 3.61. The molecule has 114 valence electrons. The molecule has 1 aliphatic heterocycles. The summed E-state index contributed by atoms with van der Waals surface area (Å²) in [5.74, 6) is -1.41. The van der Waals surface area contributed by atoms with Gasteiger partial charge in [0.15, 0.2) is 0 Å². The first-order chi connectivity index (χ1) is 10.0. The summed E-state index contributed by atoms with van der Waals surface area (Å²) < 4.78 is 5.04. The van der Waals surface area contributed by atoms with E-state index < -0.39 is 11.9 Å². The molecule has 0 aromatic heterocycles. The summed E-state index contributed by atoms with van der Waals surface area (Å²) in [5.41, 5.74) is 1.74. The van der Waals surface area contributed by atoms with E-state index in [4.69, 9.17) is 4.74 Å². The van der Waals surface area contributed by atoms with Crippen molar-refractivity contribution >= 4 is 11.9 Å². The maximum Gasteiger partial charge on any atom is 0.312 e. The number of benzene rings is 1. The number of carbonyl (C=O) groups is 2. The van der Waals surface area contributed by atoms with E-state index in [0.29, 0.717) is 19.6 Å². The average molecular weight is 291 g/mol. The van der Waals surface area contributed by atoms with Crippen LogP contribution >= 0.6 is 0 Å². The second-order valence-corrected chi connectivity index (χ2v) is 5.63. The zero-order valence-corrected chi connectivity index (χ0v) is 12.4. The Morgan fingerprint density at radius 3 is 2.81 bits per heavy atom. The van der Waals surface area contributed by atoms with Crippen LogP contribution in [0.15, 0.2) is 24.3 Å². The van der Waals surface area contributed by atoms with Gasteiger partial charge < -0.3 is 14.7 Å². The molecule has 1 aliphatic rings. The number of carboxylic acid groups (broad SMARTS) is 1. The lowest BCUT2D eigenvalue weighted by molar-refractivity contribution is -0.141. The van der Waals surface area contributed by atoms with Crippen LogP contribution in [0.3, 0.4) is 0 Å². The van der Waals surface area contributed by atoms with E-state index in [2.05, 4.69) is 0 Å². The molecule has 0 fully saturated rings. The van der Waals surface area contributed by atoms with E-state index in [1.807, 2.05) is 31.2 Å². The Morgan fingerprint density at radius 2 is 2.14 bits per heavy atom. The number of ether oxygens (including phenoxy) is 1. The molecule has 0 saturated heterocycles. The zero-order chi connectivity index (χ0) is 15.4. The van der Waals surface area contributed by atoms with Crippen LogP contribution < -0.4 is 0 Å². The molecule has 1 aromatic rings. The Labute approximate surface area is 124 Å². The van der Waals surface area contributed by atoms with Crippen LogP contribution in [-0.2, 0) is 20.9 Å². The Kier molecular flexibility index (Phi) is 4.96. The minimum Gasteiger partial charge on any atom is -0.481 e. The van der Waals surface area contributed by atoms with E-state index in [-0.39, 0.29) is 18.4 Å². The van der Waals surface area contributed by atoms with Crippen LogP contribution in [-0.4, -0.2) is 42.1 Å². The number of fused-ring (bicyclic) bond motifs is 1. The van der Waals surface area contributed by atoms with Gasteiger partial charge in [-0.15, -0.1) is 0 Å². The molecule has 1 amide bonds. The fourth-order valence-electron chi connectivity index (χ4n) is 2.78. The average Bonchev–Trinajstić information content (AvgIpc) is 2.46. The van der Waals surface area contributed by atoms with Gasteiger partial charge in [-0.3, -0.25) is 9.59 Å². The predicted molar refractivity (Wildman–Crippen MR) is 77.9 cm³/mol. The van der Waals surface area contributed by atoms with Crippen molar-refractivity contribution in [1.82, 2.24) is 4.90 Å². The molecule has 0 saturated carbocycles. The largest absolute Gasteiger partial charge is 0.481 e. The normalized spacial score (nSPS) is 19.0. The van der Waals surface area contributed by atoms with Crippen molar-refractivity contribution in [2.75, 3.05) is 20.3 Å². The van der Waals surface area contributed by atoms with Crippen LogP contribution in [0.4, 0.5) is 0 Å². The second-order valence-electron chi connectivity index (χ2n) is 5.63. The highest BCUT2D eigenvalue weighted by Crippen LogP contribution is 2.29. The molecule has 5 nitrogen and oxygen atoms in total. The summed E-state index contributed by atoms with van der Waals surface area (Å²) in [7, 11) is 1.61. The topological polar surface area (TPSA) is 66.8 Å². The molecule has 0 spiro atoms. The van der Waals surface area contributed by atoms with E-state index in [0.717, 1.165) is 11.1 Å². The maximum atomic E-state index is 12.3. The third-order valence-electron chi connectivity index (χ3n) is 3.82. The minimum atomic E-state index is -0.884. The van der Waals surface area contributed by atoms with E-state index in [9.17, 15) is 14.7 Å². The van der Waals surface area contributed by atoms with Gasteiger partial charge in [-0.2, -0.15) is 0 Å². The SMILES string of the molecule is COCC(C)CC(=O)N1Cc2ccccc2C(C(=O)O)C1. The van der Waals surface area contributed by atoms with Gasteiger partial charge in [-0.05, 0) is 17.0 Å². The van der Waals surface area contributed by atoms with E-state index >= 15 is 0 Å². The summed E-state index contributed by atoms with van der Waals surface area (Å²) in [4.78, 5) is 25.4. The molecule has 5 heteroatoms. The lowest BCUT2D eigenvalue weighted by atomic mass is 9.89.